The van der Waals surface area contributed by atoms with Gasteiger partial charge in [0.25, 0.3) is 5.56 Å². The smallest absolute Gasteiger partial charge is 0.267 e. The number of carbonyl (C=O) groups excluding carboxylic acids is 1. The number of hydrogen-bond acceptors (Lipinski definition) is 5. The van der Waals surface area contributed by atoms with Gasteiger partial charge in [-0.2, -0.15) is 5.10 Å². The van der Waals surface area contributed by atoms with Crippen molar-refractivity contribution >= 4 is 15.7 Å². The van der Waals surface area contributed by atoms with Crippen molar-refractivity contribution in [3.63, 3.8) is 0 Å². The van der Waals surface area contributed by atoms with Crippen LogP contribution in [0.1, 0.15) is 37.4 Å². The van der Waals surface area contributed by atoms with Gasteiger partial charge in [-0.15, -0.1) is 0 Å². The molecule has 0 N–H and O–H groups in total. The standard InChI is InChI=1S/C14H19N3O4S/c1-10(14(19)16-6-8-22(20,21)9-7-16)17-13(18)5-4-12(15-17)11-2-3-11/h4-5,10-11H,2-3,6-9H2,1H3. The molecule has 1 saturated heterocycles. The number of sulfone groups is 1. The maximum atomic E-state index is 12.5. The molecule has 2 fully saturated rings. The van der Waals surface area contributed by atoms with Crippen LogP contribution in [-0.4, -0.2) is 53.6 Å². The van der Waals surface area contributed by atoms with E-state index in [0.717, 1.165) is 18.5 Å². The molecule has 2 heterocycles. The van der Waals surface area contributed by atoms with Gasteiger partial charge in [-0.1, -0.05) is 0 Å². The maximum absolute atomic E-state index is 12.5. The van der Waals surface area contributed by atoms with Crippen LogP contribution in [0.4, 0.5) is 0 Å². The Balaban J connectivity index is 1.78. The van der Waals surface area contributed by atoms with E-state index in [1.54, 1.807) is 13.0 Å². The van der Waals surface area contributed by atoms with Gasteiger partial charge >= 0.3 is 0 Å². The molecule has 0 spiro atoms. The molecule has 2 aliphatic rings. The molecule has 0 radical (unpaired) electrons. The van der Waals surface area contributed by atoms with Crippen LogP contribution in [0.2, 0.25) is 0 Å². The van der Waals surface area contributed by atoms with E-state index in [1.165, 1.54) is 15.6 Å². The van der Waals surface area contributed by atoms with Crippen LogP contribution in [0, 0.1) is 0 Å². The summed E-state index contributed by atoms with van der Waals surface area (Å²) in [6.45, 7) is 2.00. The van der Waals surface area contributed by atoms with Crippen LogP contribution < -0.4 is 5.56 Å². The number of rotatable bonds is 3. The van der Waals surface area contributed by atoms with Crippen molar-refractivity contribution in [2.45, 2.75) is 31.7 Å². The molecule has 1 atom stereocenters. The Bertz CT molecular complexity index is 738. The lowest BCUT2D eigenvalue weighted by Gasteiger charge is -2.29. The van der Waals surface area contributed by atoms with Gasteiger partial charge in [0.2, 0.25) is 5.91 Å². The fourth-order valence-electron chi connectivity index (χ4n) is 2.62. The maximum Gasteiger partial charge on any atom is 0.267 e. The highest BCUT2D eigenvalue weighted by Crippen LogP contribution is 2.38. The summed E-state index contributed by atoms with van der Waals surface area (Å²) in [4.78, 5) is 26.0. The van der Waals surface area contributed by atoms with Crippen LogP contribution in [-0.2, 0) is 14.6 Å². The van der Waals surface area contributed by atoms with E-state index in [4.69, 9.17) is 0 Å². The van der Waals surface area contributed by atoms with Gasteiger partial charge in [0.05, 0.1) is 17.2 Å². The average molecular weight is 325 g/mol. The quantitative estimate of drug-likeness (QED) is 0.776. The summed E-state index contributed by atoms with van der Waals surface area (Å²) in [6, 6.07) is 2.46. The third-order valence-electron chi connectivity index (χ3n) is 4.22. The first kappa shape index (κ1) is 15.2. The van der Waals surface area contributed by atoms with Crippen LogP contribution in [0.25, 0.3) is 0 Å². The molecule has 0 aromatic carbocycles. The molecule has 22 heavy (non-hydrogen) atoms. The molecule has 7 nitrogen and oxygen atoms in total. The van der Waals surface area contributed by atoms with E-state index >= 15 is 0 Å². The second-order valence-corrected chi connectivity index (χ2v) is 8.27. The van der Waals surface area contributed by atoms with Crippen molar-refractivity contribution in [1.29, 1.82) is 0 Å². The van der Waals surface area contributed by atoms with Crippen LogP contribution in [0.15, 0.2) is 16.9 Å². The molecule has 1 aliphatic carbocycles. The minimum atomic E-state index is -3.04. The Labute approximate surface area is 128 Å². The molecule has 1 unspecified atom stereocenters. The number of carbonyl (C=O) groups is 1. The molecule has 0 bridgehead atoms. The zero-order chi connectivity index (χ0) is 15.9. The Morgan fingerprint density at radius 1 is 1.27 bits per heavy atom. The van der Waals surface area contributed by atoms with Gasteiger partial charge in [0.15, 0.2) is 9.84 Å². The number of amides is 1. The predicted octanol–water partition coefficient (Wildman–Crippen LogP) is -0.0613. The summed E-state index contributed by atoms with van der Waals surface area (Å²) in [5.41, 5.74) is 0.537. The molecule has 1 aromatic rings. The minimum Gasteiger partial charge on any atom is -0.339 e. The summed E-state index contributed by atoms with van der Waals surface area (Å²) >= 11 is 0. The van der Waals surface area contributed by atoms with Gasteiger partial charge in [-0.3, -0.25) is 9.59 Å². The highest BCUT2D eigenvalue weighted by atomic mass is 32.2. The van der Waals surface area contributed by atoms with E-state index in [2.05, 4.69) is 5.10 Å². The number of aromatic nitrogens is 2. The van der Waals surface area contributed by atoms with Gasteiger partial charge in [-0.25, -0.2) is 13.1 Å². The number of hydrogen-bond donors (Lipinski definition) is 0. The van der Waals surface area contributed by atoms with Crippen molar-refractivity contribution in [2.24, 2.45) is 0 Å². The minimum absolute atomic E-state index is 0.0180. The molecular formula is C14H19N3O4S. The first-order chi connectivity index (χ1) is 10.4. The second-order valence-electron chi connectivity index (χ2n) is 5.97. The number of nitrogens with zero attached hydrogens (tertiary/aromatic N) is 3. The van der Waals surface area contributed by atoms with E-state index in [9.17, 15) is 18.0 Å². The van der Waals surface area contributed by atoms with E-state index in [1.807, 2.05) is 0 Å². The van der Waals surface area contributed by atoms with Crippen LogP contribution in [0.3, 0.4) is 0 Å². The van der Waals surface area contributed by atoms with Crippen molar-refractivity contribution < 1.29 is 13.2 Å². The molecule has 1 aliphatic heterocycles. The lowest BCUT2D eigenvalue weighted by molar-refractivity contribution is -0.134. The van der Waals surface area contributed by atoms with Gasteiger partial charge in [0, 0.05) is 25.1 Å². The van der Waals surface area contributed by atoms with E-state index in [-0.39, 0.29) is 36.1 Å². The molecular weight excluding hydrogens is 306 g/mol. The van der Waals surface area contributed by atoms with Crippen LogP contribution >= 0.6 is 0 Å². The Morgan fingerprint density at radius 3 is 2.50 bits per heavy atom. The normalized spacial score (nSPS) is 22.3. The lowest BCUT2D eigenvalue weighted by Crippen LogP contribution is -2.47. The Morgan fingerprint density at radius 2 is 1.91 bits per heavy atom. The molecule has 1 saturated carbocycles. The van der Waals surface area contributed by atoms with Crippen molar-refractivity contribution in [1.82, 2.24) is 14.7 Å². The van der Waals surface area contributed by atoms with Gasteiger partial charge in [0.1, 0.15) is 6.04 Å². The summed E-state index contributed by atoms with van der Waals surface area (Å²) in [7, 11) is -3.04. The monoisotopic (exact) mass is 325 g/mol. The third kappa shape index (κ3) is 3.06. The Hall–Kier alpha value is -1.70. The summed E-state index contributed by atoms with van der Waals surface area (Å²) in [5.74, 6) is 0.109. The topological polar surface area (TPSA) is 89.3 Å². The highest BCUT2D eigenvalue weighted by molar-refractivity contribution is 7.91. The van der Waals surface area contributed by atoms with Crippen LogP contribution in [0.5, 0.6) is 0 Å². The van der Waals surface area contributed by atoms with Crippen molar-refractivity contribution in [3.05, 3.63) is 28.2 Å². The zero-order valence-corrected chi connectivity index (χ0v) is 13.3. The molecule has 8 heteroatoms. The predicted molar refractivity (Wildman–Crippen MR) is 80.4 cm³/mol. The largest absolute Gasteiger partial charge is 0.339 e. The van der Waals surface area contributed by atoms with E-state index < -0.39 is 15.9 Å². The van der Waals surface area contributed by atoms with Gasteiger partial charge < -0.3 is 4.90 Å². The average Bonchev–Trinajstić information content (AvgIpc) is 3.31. The highest BCUT2D eigenvalue weighted by Gasteiger charge is 2.31. The molecule has 3 rings (SSSR count). The summed E-state index contributed by atoms with van der Waals surface area (Å²) in [5, 5.41) is 4.32. The van der Waals surface area contributed by atoms with Crippen molar-refractivity contribution in [2.75, 3.05) is 24.6 Å². The third-order valence-corrected chi connectivity index (χ3v) is 5.83. The first-order valence-corrected chi connectivity index (χ1v) is 9.28. The Kier molecular flexibility index (Phi) is 3.80. The molecule has 120 valence electrons. The zero-order valence-electron chi connectivity index (χ0n) is 12.4. The fraction of sp³-hybridized carbons (Fsp3) is 0.643. The second kappa shape index (κ2) is 5.49. The summed E-state index contributed by atoms with van der Waals surface area (Å²) in [6.07, 6.45) is 2.13. The van der Waals surface area contributed by atoms with Crippen molar-refractivity contribution in [3.8, 4) is 0 Å². The van der Waals surface area contributed by atoms with Gasteiger partial charge in [-0.05, 0) is 25.8 Å². The molecule has 1 amide bonds. The van der Waals surface area contributed by atoms with E-state index in [0.29, 0.717) is 5.92 Å². The summed E-state index contributed by atoms with van der Waals surface area (Å²) < 4.78 is 24.1. The first-order valence-electron chi connectivity index (χ1n) is 7.46. The fourth-order valence-corrected chi connectivity index (χ4v) is 3.82. The lowest BCUT2D eigenvalue weighted by atomic mass is 10.2. The SMILES string of the molecule is CC(C(=O)N1CCS(=O)(=O)CC1)n1nc(C2CC2)ccc1=O. The molecule has 1 aromatic heterocycles.